The zero-order valence-electron chi connectivity index (χ0n) is 14.7. The summed E-state index contributed by atoms with van der Waals surface area (Å²) in [5.41, 5.74) is 0.393. The zero-order chi connectivity index (χ0) is 18.9. The predicted octanol–water partition coefficient (Wildman–Crippen LogP) is 2.09. The first-order valence-electron chi connectivity index (χ1n) is 8.43. The topological polar surface area (TPSA) is 104 Å². The van der Waals surface area contributed by atoms with Crippen LogP contribution in [0.15, 0.2) is 29.2 Å². The normalized spacial score (nSPS) is 11.5. The van der Waals surface area contributed by atoms with Gasteiger partial charge in [0.05, 0.1) is 4.90 Å². The maximum atomic E-state index is 12.4. The van der Waals surface area contributed by atoms with Crippen LogP contribution in [0.5, 0.6) is 0 Å². The number of aliphatic carboxylic acids is 1. The van der Waals surface area contributed by atoms with Gasteiger partial charge in [-0.2, -0.15) is 4.31 Å². The molecule has 0 saturated heterocycles. The first-order chi connectivity index (χ1) is 11.8. The van der Waals surface area contributed by atoms with Crippen molar-refractivity contribution in [3.63, 3.8) is 0 Å². The minimum atomic E-state index is -3.52. The Morgan fingerprint density at radius 3 is 2.16 bits per heavy atom. The van der Waals surface area contributed by atoms with Crippen molar-refractivity contribution in [3.8, 4) is 0 Å². The van der Waals surface area contributed by atoms with Gasteiger partial charge in [-0.05, 0) is 37.1 Å². The molecule has 0 radical (unpaired) electrons. The minimum absolute atomic E-state index is 0.135. The van der Waals surface area contributed by atoms with Crippen LogP contribution in [0.4, 0.5) is 0 Å². The summed E-state index contributed by atoms with van der Waals surface area (Å²) >= 11 is 0. The molecule has 25 heavy (non-hydrogen) atoms. The van der Waals surface area contributed by atoms with Crippen molar-refractivity contribution >= 4 is 21.9 Å². The van der Waals surface area contributed by atoms with Gasteiger partial charge in [-0.1, -0.05) is 20.3 Å². The summed E-state index contributed by atoms with van der Waals surface area (Å²) in [7, 11) is -3.52. The lowest BCUT2D eigenvalue weighted by Crippen LogP contribution is -2.30. The molecular formula is C17H26N2O5S. The zero-order valence-corrected chi connectivity index (χ0v) is 15.5. The maximum Gasteiger partial charge on any atom is 0.303 e. The molecule has 0 aromatic heterocycles. The number of nitrogens with one attached hydrogen (secondary N) is 1. The number of benzene rings is 1. The highest BCUT2D eigenvalue weighted by molar-refractivity contribution is 7.89. The number of nitrogens with zero attached hydrogens (tertiary/aromatic N) is 1. The summed E-state index contributed by atoms with van der Waals surface area (Å²) in [4.78, 5) is 22.6. The van der Waals surface area contributed by atoms with Gasteiger partial charge in [-0.3, -0.25) is 9.59 Å². The lowest BCUT2D eigenvalue weighted by atomic mass is 10.2. The van der Waals surface area contributed by atoms with Crippen molar-refractivity contribution in [1.82, 2.24) is 9.62 Å². The molecule has 2 N–H and O–H groups in total. The highest BCUT2D eigenvalue weighted by atomic mass is 32.2. The number of carboxylic acid groups (broad SMARTS) is 1. The Labute approximate surface area is 149 Å². The van der Waals surface area contributed by atoms with E-state index in [9.17, 15) is 18.0 Å². The van der Waals surface area contributed by atoms with E-state index in [1.165, 1.54) is 28.6 Å². The van der Waals surface area contributed by atoms with Crippen molar-refractivity contribution in [2.24, 2.45) is 0 Å². The maximum absolute atomic E-state index is 12.4. The van der Waals surface area contributed by atoms with E-state index in [0.717, 1.165) is 6.42 Å². The molecule has 0 saturated carbocycles. The summed E-state index contributed by atoms with van der Waals surface area (Å²) in [5.74, 6) is -1.09. The van der Waals surface area contributed by atoms with Gasteiger partial charge in [-0.15, -0.1) is 0 Å². The molecule has 1 rings (SSSR count). The van der Waals surface area contributed by atoms with Crippen LogP contribution in [-0.4, -0.2) is 49.3 Å². The predicted molar refractivity (Wildman–Crippen MR) is 95.0 cm³/mol. The number of hydrogen-bond acceptors (Lipinski definition) is 4. The molecule has 140 valence electrons. The monoisotopic (exact) mass is 370 g/mol. The molecule has 7 nitrogen and oxygen atoms in total. The lowest BCUT2D eigenvalue weighted by Gasteiger charge is -2.18. The van der Waals surface area contributed by atoms with Gasteiger partial charge in [0.1, 0.15) is 0 Å². The molecule has 8 heteroatoms. The second-order valence-electron chi connectivity index (χ2n) is 5.57. The summed E-state index contributed by atoms with van der Waals surface area (Å²) in [6.07, 6.45) is 2.15. The standard InChI is InChI=1S/C17H26N2O5S/c1-3-19(4-2)25(23,24)15-11-9-14(10-12-15)17(22)18-13-7-5-6-8-16(20)21/h9-12H,3-8,13H2,1-2H3,(H,18,22)(H,20,21). The van der Waals surface area contributed by atoms with E-state index in [0.29, 0.717) is 38.0 Å². The quantitative estimate of drug-likeness (QED) is 0.581. The van der Waals surface area contributed by atoms with Crippen LogP contribution >= 0.6 is 0 Å². The van der Waals surface area contributed by atoms with Gasteiger partial charge in [0.2, 0.25) is 10.0 Å². The smallest absolute Gasteiger partial charge is 0.303 e. The Balaban J connectivity index is 2.55. The van der Waals surface area contributed by atoms with Crippen LogP contribution in [0.25, 0.3) is 0 Å². The number of carbonyl (C=O) groups excluding carboxylic acids is 1. The fraction of sp³-hybridized carbons (Fsp3) is 0.529. The Morgan fingerprint density at radius 2 is 1.64 bits per heavy atom. The molecule has 0 aliphatic carbocycles. The van der Waals surface area contributed by atoms with E-state index in [-0.39, 0.29) is 17.2 Å². The van der Waals surface area contributed by atoms with Gasteiger partial charge in [0.15, 0.2) is 0 Å². The fourth-order valence-corrected chi connectivity index (χ4v) is 3.83. The summed E-state index contributed by atoms with van der Waals surface area (Å²) in [5, 5.41) is 11.3. The molecule has 0 unspecified atom stereocenters. The van der Waals surface area contributed by atoms with E-state index in [1.54, 1.807) is 13.8 Å². The van der Waals surface area contributed by atoms with E-state index in [4.69, 9.17) is 5.11 Å². The van der Waals surface area contributed by atoms with Gasteiger partial charge < -0.3 is 10.4 Å². The summed E-state index contributed by atoms with van der Waals surface area (Å²) in [6.45, 7) is 4.79. The van der Waals surface area contributed by atoms with E-state index < -0.39 is 16.0 Å². The van der Waals surface area contributed by atoms with Crippen molar-refractivity contribution < 1.29 is 23.1 Å². The second-order valence-corrected chi connectivity index (χ2v) is 7.51. The first-order valence-corrected chi connectivity index (χ1v) is 9.87. The van der Waals surface area contributed by atoms with E-state index in [1.807, 2.05) is 0 Å². The van der Waals surface area contributed by atoms with E-state index >= 15 is 0 Å². The number of hydrogen-bond donors (Lipinski definition) is 2. The third-order valence-corrected chi connectivity index (χ3v) is 5.88. The van der Waals surface area contributed by atoms with E-state index in [2.05, 4.69) is 5.32 Å². The number of carboxylic acids is 1. The van der Waals surface area contributed by atoms with Crippen LogP contribution in [0.1, 0.15) is 49.9 Å². The molecule has 0 atom stereocenters. The molecular weight excluding hydrogens is 344 g/mol. The van der Waals surface area contributed by atoms with Gasteiger partial charge in [0.25, 0.3) is 5.91 Å². The number of amides is 1. The molecule has 0 bridgehead atoms. The number of rotatable bonds is 11. The number of carbonyl (C=O) groups is 2. The summed E-state index contributed by atoms with van der Waals surface area (Å²) in [6, 6.07) is 5.87. The molecule has 1 aromatic rings. The average molecular weight is 370 g/mol. The third kappa shape index (κ3) is 6.47. The van der Waals surface area contributed by atoms with Crippen molar-refractivity contribution in [2.75, 3.05) is 19.6 Å². The Kier molecular flexibility index (Phi) is 8.57. The third-order valence-electron chi connectivity index (χ3n) is 3.81. The molecule has 1 amide bonds. The van der Waals surface area contributed by atoms with Crippen LogP contribution < -0.4 is 5.32 Å². The fourth-order valence-electron chi connectivity index (χ4n) is 2.37. The Bertz CT molecular complexity index is 667. The van der Waals surface area contributed by atoms with Crippen LogP contribution in [0.2, 0.25) is 0 Å². The van der Waals surface area contributed by atoms with Crippen molar-refractivity contribution in [2.45, 2.75) is 44.4 Å². The molecule has 0 spiro atoms. The highest BCUT2D eigenvalue weighted by Crippen LogP contribution is 2.16. The summed E-state index contributed by atoms with van der Waals surface area (Å²) < 4.78 is 26.1. The largest absolute Gasteiger partial charge is 0.481 e. The van der Waals surface area contributed by atoms with Crippen LogP contribution in [0.3, 0.4) is 0 Å². The molecule has 0 aliphatic heterocycles. The van der Waals surface area contributed by atoms with Gasteiger partial charge >= 0.3 is 5.97 Å². The second kappa shape index (κ2) is 10.1. The number of sulfonamides is 1. The van der Waals surface area contributed by atoms with Crippen LogP contribution in [-0.2, 0) is 14.8 Å². The number of unbranched alkanes of at least 4 members (excludes halogenated alkanes) is 2. The van der Waals surface area contributed by atoms with Gasteiger partial charge in [-0.25, -0.2) is 8.42 Å². The lowest BCUT2D eigenvalue weighted by molar-refractivity contribution is -0.137. The van der Waals surface area contributed by atoms with Crippen molar-refractivity contribution in [1.29, 1.82) is 0 Å². The molecule has 0 heterocycles. The Morgan fingerprint density at radius 1 is 1.04 bits per heavy atom. The SMILES string of the molecule is CCN(CC)S(=O)(=O)c1ccc(C(=O)NCCCCCC(=O)O)cc1. The molecule has 1 aromatic carbocycles. The molecule has 0 fully saturated rings. The highest BCUT2D eigenvalue weighted by Gasteiger charge is 2.21. The minimum Gasteiger partial charge on any atom is -0.481 e. The Hall–Kier alpha value is -1.93. The molecule has 0 aliphatic rings. The van der Waals surface area contributed by atoms with Crippen molar-refractivity contribution in [3.05, 3.63) is 29.8 Å². The first kappa shape index (κ1) is 21.1. The average Bonchev–Trinajstić information content (AvgIpc) is 2.58. The van der Waals surface area contributed by atoms with Crippen LogP contribution in [0, 0.1) is 0 Å². The van der Waals surface area contributed by atoms with Gasteiger partial charge in [0, 0.05) is 31.6 Å².